The summed E-state index contributed by atoms with van der Waals surface area (Å²) in [6, 6.07) is 0. The Hall–Kier alpha value is -0.240. The van der Waals surface area contributed by atoms with Crippen molar-refractivity contribution in [3.05, 3.63) is 0 Å². The minimum atomic E-state index is 0.757. The Bertz CT molecular complexity index is 149. The molecule has 0 fully saturated rings. The van der Waals surface area contributed by atoms with Crippen LogP contribution in [-0.4, -0.2) is 65.3 Å². The molecule has 27 heavy (non-hydrogen) atoms. The standard InChI is InChI=1S/2C5H13N.C4H12N2.C4H11N.C3H9N/c1-3-4-5-6-2;1-2-3-4-5-6;1-6(2)4-3-5;1-2-3-4-5;1-2-3-4/h6H,3-5H2,1-2H3;2-6H2,1H3;3-5H2,1-2H3;2-5H2,1H3;2-4H2,1H3. The third-order valence-corrected chi connectivity index (χ3v) is 3.01. The average Bonchev–Trinajstić information content (AvgIpc) is 2.67. The lowest BCUT2D eigenvalue weighted by Crippen LogP contribution is -2.20. The maximum absolute atomic E-state index is 5.21. The van der Waals surface area contributed by atoms with E-state index in [1.54, 1.807) is 0 Å². The van der Waals surface area contributed by atoms with Gasteiger partial charge in [-0.3, -0.25) is 0 Å². The molecule has 6 nitrogen and oxygen atoms in total. The van der Waals surface area contributed by atoms with E-state index in [2.05, 4.69) is 37.9 Å². The van der Waals surface area contributed by atoms with Crippen molar-refractivity contribution < 1.29 is 0 Å². The number of rotatable bonds is 11. The highest BCUT2D eigenvalue weighted by Gasteiger charge is 1.79. The first-order valence-electron chi connectivity index (χ1n) is 11.0. The van der Waals surface area contributed by atoms with Gasteiger partial charge in [0, 0.05) is 13.1 Å². The third-order valence-electron chi connectivity index (χ3n) is 3.01. The molecule has 172 valence electrons. The quantitative estimate of drug-likeness (QED) is 0.344. The fourth-order valence-electron chi connectivity index (χ4n) is 1.21. The van der Waals surface area contributed by atoms with Crippen LogP contribution in [0.25, 0.3) is 0 Å². The van der Waals surface area contributed by atoms with Gasteiger partial charge in [0.1, 0.15) is 0 Å². The Balaban J connectivity index is -0.0000000753. The van der Waals surface area contributed by atoms with Crippen molar-refractivity contribution in [3.63, 3.8) is 0 Å². The van der Waals surface area contributed by atoms with Crippen LogP contribution in [-0.2, 0) is 0 Å². The van der Waals surface area contributed by atoms with E-state index in [4.69, 9.17) is 22.9 Å². The predicted molar refractivity (Wildman–Crippen MR) is 128 cm³/mol. The SMILES string of the molecule is CCCCCN.CCCCN.CCCCNC.CCCN.CN(C)CCN. The molecule has 0 bridgehead atoms. The molecule has 0 aromatic heterocycles. The molecule has 0 saturated carbocycles. The van der Waals surface area contributed by atoms with Crippen LogP contribution in [0.15, 0.2) is 0 Å². The zero-order valence-corrected chi connectivity index (χ0v) is 20.2. The molecule has 0 aromatic rings. The molecule has 0 atom stereocenters. The summed E-state index contributed by atoms with van der Waals surface area (Å²) in [5.74, 6) is 0. The fraction of sp³-hybridized carbons (Fsp3) is 1.00. The summed E-state index contributed by atoms with van der Waals surface area (Å²) in [5.41, 5.74) is 20.6. The molecule has 9 N–H and O–H groups in total. The maximum atomic E-state index is 5.21. The monoisotopic (exact) mass is 394 g/mol. The molecule has 0 amide bonds. The number of nitrogens with one attached hydrogen (secondary N) is 1. The normalized spacial score (nSPS) is 8.89. The van der Waals surface area contributed by atoms with Gasteiger partial charge in [-0.1, -0.05) is 53.4 Å². The van der Waals surface area contributed by atoms with Crippen molar-refractivity contribution in [2.24, 2.45) is 22.9 Å². The fourth-order valence-corrected chi connectivity index (χ4v) is 1.21. The highest BCUT2D eigenvalue weighted by molar-refractivity contribution is 4.39. The van der Waals surface area contributed by atoms with E-state index in [-0.39, 0.29) is 0 Å². The van der Waals surface area contributed by atoms with E-state index in [0.717, 1.165) is 45.7 Å². The molecule has 6 heteroatoms. The van der Waals surface area contributed by atoms with Gasteiger partial charge in [0.2, 0.25) is 0 Å². The highest BCUT2D eigenvalue weighted by Crippen LogP contribution is 1.88. The number of nitrogens with zero attached hydrogens (tertiary/aromatic N) is 1. The van der Waals surface area contributed by atoms with Crippen LogP contribution in [0.2, 0.25) is 0 Å². The first kappa shape index (κ1) is 37.5. The Morgan fingerprint density at radius 1 is 0.593 bits per heavy atom. The van der Waals surface area contributed by atoms with E-state index >= 15 is 0 Å². The lowest BCUT2D eigenvalue weighted by Gasteiger charge is -2.03. The van der Waals surface area contributed by atoms with Gasteiger partial charge in [-0.25, -0.2) is 0 Å². The minimum absolute atomic E-state index is 0.757. The lowest BCUT2D eigenvalue weighted by molar-refractivity contribution is 0.420. The van der Waals surface area contributed by atoms with Crippen LogP contribution < -0.4 is 28.3 Å². The van der Waals surface area contributed by atoms with E-state index in [0.29, 0.717) is 0 Å². The van der Waals surface area contributed by atoms with Gasteiger partial charge >= 0.3 is 0 Å². The number of likely N-dealkylation sites (N-methyl/N-ethyl adjacent to an activating group) is 1. The Labute approximate surface area is 173 Å². The predicted octanol–water partition coefficient (Wildman–Crippen LogP) is 2.75. The molecule has 0 radical (unpaired) electrons. The molecule has 0 heterocycles. The van der Waals surface area contributed by atoms with Gasteiger partial charge in [0.15, 0.2) is 0 Å². The highest BCUT2D eigenvalue weighted by atomic mass is 15.1. The average molecular weight is 395 g/mol. The van der Waals surface area contributed by atoms with E-state index < -0.39 is 0 Å². The molecule has 0 aliphatic carbocycles. The summed E-state index contributed by atoms with van der Waals surface area (Å²) in [6.07, 6.45) is 9.83. The second-order valence-corrected chi connectivity index (χ2v) is 6.48. The molecule has 0 aliphatic rings. The van der Waals surface area contributed by atoms with Gasteiger partial charge in [0.05, 0.1) is 0 Å². The maximum Gasteiger partial charge on any atom is 0.00985 e. The first-order chi connectivity index (χ1) is 12.9. The topological polar surface area (TPSA) is 119 Å². The van der Waals surface area contributed by atoms with Crippen LogP contribution in [0, 0.1) is 0 Å². The van der Waals surface area contributed by atoms with Gasteiger partial charge in [-0.05, 0) is 73.0 Å². The third kappa shape index (κ3) is 105. The Kier molecular flexibility index (Phi) is 69.5. The summed E-state index contributed by atoms with van der Waals surface area (Å²) >= 11 is 0. The minimum Gasteiger partial charge on any atom is -0.330 e. The van der Waals surface area contributed by atoms with E-state index in [1.807, 2.05) is 21.1 Å². The molecule has 0 aliphatic heterocycles. The van der Waals surface area contributed by atoms with Gasteiger partial charge in [-0.15, -0.1) is 0 Å². The molecule has 0 rings (SSSR count). The summed E-state index contributed by atoms with van der Waals surface area (Å²) in [4.78, 5) is 2.06. The van der Waals surface area contributed by atoms with Crippen molar-refractivity contribution in [2.75, 3.05) is 60.4 Å². The molecule has 0 unspecified atom stereocenters. The van der Waals surface area contributed by atoms with Gasteiger partial charge in [-0.2, -0.15) is 0 Å². The van der Waals surface area contributed by atoms with Crippen molar-refractivity contribution in [1.29, 1.82) is 0 Å². The van der Waals surface area contributed by atoms with Crippen LogP contribution in [0.5, 0.6) is 0 Å². The number of nitrogens with two attached hydrogens (primary N) is 4. The van der Waals surface area contributed by atoms with Crippen LogP contribution in [0.3, 0.4) is 0 Å². The summed E-state index contributed by atoms with van der Waals surface area (Å²) in [6.45, 7) is 14.0. The molecular formula is C21H58N6. The lowest BCUT2D eigenvalue weighted by atomic mass is 10.3. The van der Waals surface area contributed by atoms with E-state index in [9.17, 15) is 0 Å². The smallest absolute Gasteiger partial charge is 0.00985 e. The molecule has 0 saturated heterocycles. The zero-order chi connectivity index (χ0) is 22.2. The number of hydrogen-bond donors (Lipinski definition) is 5. The van der Waals surface area contributed by atoms with Crippen molar-refractivity contribution >= 4 is 0 Å². The first-order valence-corrected chi connectivity index (χ1v) is 11.0. The number of hydrogen-bond acceptors (Lipinski definition) is 6. The second kappa shape index (κ2) is 50.1. The van der Waals surface area contributed by atoms with Crippen LogP contribution >= 0.6 is 0 Å². The summed E-state index contributed by atoms with van der Waals surface area (Å²) < 4.78 is 0. The molecule has 0 spiro atoms. The van der Waals surface area contributed by atoms with Gasteiger partial charge in [0.25, 0.3) is 0 Å². The summed E-state index contributed by atoms with van der Waals surface area (Å²) in [7, 11) is 6.00. The molecule has 0 aromatic carbocycles. The zero-order valence-electron chi connectivity index (χ0n) is 20.2. The van der Waals surface area contributed by atoms with Crippen molar-refractivity contribution in [1.82, 2.24) is 10.2 Å². The van der Waals surface area contributed by atoms with E-state index in [1.165, 1.54) is 44.9 Å². The van der Waals surface area contributed by atoms with Crippen molar-refractivity contribution in [3.8, 4) is 0 Å². The Morgan fingerprint density at radius 3 is 1.11 bits per heavy atom. The second-order valence-electron chi connectivity index (χ2n) is 6.48. The molecular weight excluding hydrogens is 336 g/mol. The van der Waals surface area contributed by atoms with Gasteiger partial charge < -0.3 is 33.2 Å². The number of unbranched alkanes of at least 4 members (excludes halogenated alkanes) is 4. The summed E-state index contributed by atoms with van der Waals surface area (Å²) in [5, 5.41) is 3.07. The van der Waals surface area contributed by atoms with Crippen LogP contribution in [0.4, 0.5) is 0 Å². The Morgan fingerprint density at radius 2 is 1.04 bits per heavy atom. The largest absolute Gasteiger partial charge is 0.330 e. The van der Waals surface area contributed by atoms with Crippen LogP contribution in [0.1, 0.15) is 79.1 Å². The van der Waals surface area contributed by atoms with Crippen molar-refractivity contribution in [2.45, 2.75) is 79.1 Å².